The third-order valence-corrected chi connectivity index (χ3v) is 6.92. The van der Waals surface area contributed by atoms with E-state index < -0.39 is 0 Å². The van der Waals surface area contributed by atoms with Gasteiger partial charge < -0.3 is 14.2 Å². The number of fused-ring (bicyclic) bond motifs is 2. The summed E-state index contributed by atoms with van der Waals surface area (Å²) in [6, 6.07) is 20.9. The fourth-order valence-corrected chi connectivity index (χ4v) is 5.22. The number of pyridine rings is 1. The average molecular weight is 500 g/mol. The van der Waals surface area contributed by atoms with Crippen molar-refractivity contribution in [3.8, 4) is 17.2 Å². The molecule has 2 aromatic heterocycles. The van der Waals surface area contributed by atoms with Crippen LogP contribution < -0.4 is 19.1 Å². The van der Waals surface area contributed by atoms with Crippen LogP contribution in [0.1, 0.15) is 23.0 Å². The summed E-state index contributed by atoms with van der Waals surface area (Å²) >= 11 is 1.37. The second kappa shape index (κ2) is 10.2. The van der Waals surface area contributed by atoms with Crippen molar-refractivity contribution in [1.29, 1.82) is 0 Å². The van der Waals surface area contributed by atoms with E-state index in [9.17, 15) is 4.79 Å². The highest BCUT2D eigenvalue weighted by Crippen LogP contribution is 2.41. The predicted octanol–water partition coefficient (Wildman–Crippen LogP) is 6.11. The summed E-state index contributed by atoms with van der Waals surface area (Å²) in [6.45, 7) is 2.58. The normalized spacial score (nSPS) is 11.0. The molecule has 0 aliphatic rings. The Bertz CT molecular complexity index is 1490. The van der Waals surface area contributed by atoms with Crippen LogP contribution in [0.4, 0.5) is 5.13 Å². The third-order valence-electron chi connectivity index (χ3n) is 5.83. The lowest BCUT2D eigenvalue weighted by Gasteiger charge is -2.22. The van der Waals surface area contributed by atoms with Gasteiger partial charge in [0.2, 0.25) is 0 Å². The molecule has 5 aromatic rings. The van der Waals surface area contributed by atoms with Gasteiger partial charge >= 0.3 is 0 Å². The number of aromatic nitrogens is 2. The number of benzene rings is 3. The number of carbonyl (C=O) groups is 1. The van der Waals surface area contributed by atoms with Crippen molar-refractivity contribution in [2.24, 2.45) is 0 Å². The Balaban J connectivity index is 1.71. The average Bonchev–Trinajstić information content (AvgIpc) is 3.37. The van der Waals surface area contributed by atoms with Gasteiger partial charge in [0, 0.05) is 6.20 Å². The monoisotopic (exact) mass is 499 g/mol. The van der Waals surface area contributed by atoms with Crippen LogP contribution in [0.5, 0.6) is 17.2 Å². The van der Waals surface area contributed by atoms with Gasteiger partial charge in [-0.05, 0) is 48.0 Å². The smallest absolute Gasteiger partial charge is 0.264 e. The summed E-state index contributed by atoms with van der Waals surface area (Å²) in [5, 5.41) is 2.28. The Morgan fingerprint density at radius 2 is 1.67 bits per heavy atom. The van der Waals surface area contributed by atoms with Crippen molar-refractivity contribution in [2.45, 2.75) is 13.5 Å². The Morgan fingerprint density at radius 1 is 0.917 bits per heavy atom. The van der Waals surface area contributed by atoms with E-state index in [1.54, 1.807) is 25.3 Å². The summed E-state index contributed by atoms with van der Waals surface area (Å²) in [7, 11) is 3.21. The molecule has 0 N–H and O–H groups in total. The van der Waals surface area contributed by atoms with Crippen LogP contribution in [-0.4, -0.2) is 36.7 Å². The van der Waals surface area contributed by atoms with Crippen LogP contribution in [0.25, 0.3) is 21.0 Å². The van der Waals surface area contributed by atoms with E-state index in [4.69, 9.17) is 19.2 Å². The molecule has 0 atom stereocenters. The summed E-state index contributed by atoms with van der Waals surface area (Å²) in [6.07, 6.45) is 1.71. The topological polar surface area (TPSA) is 73.8 Å². The summed E-state index contributed by atoms with van der Waals surface area (Å²) in [5.74, 6) is 1.58. The number of nitrogens with zero attached hydrogens (tertiary/aromatic N) is 3. The van der Waals surface area contributed by atoms with Crippen LogP contribution in [0.15, 0.2) is 72.9 Å². The largest absolute Gasteiger partial charge is 0.495 e. The van der Waals surface area contributed by atoms with Crippen LogP contribution in [0.3, 0.4) is 0 Å². The highest BCUT2D eigenvalue weighted by molar-refractivity contribution is 7.22. The van der Waals surface area contributed by atoms with E-state index >= 15 is 0 Å². The summed E-state index contributed by atoms with van der Waals surface area (Å²) in [4.78, 5) is 25.3. The van der Waals surface area contributed by atoms with Gasteiger partial charge in [0.1, 0.15) is 27.5 Å². The maximum absolute atomic E-state index is 14.4. The van der Waals surface area contributed by atoms with Gasteiger partial charge in [-0.1, -0.05) is 47.7 Å². The summed E-state index contributed by atoms with van der Waals surface area (Å²) in [5.41, 5.74) is 1.87. The molecular weight excluding hydrogens is 474 g/mol. The van der Waals surface area contributed by atoms with Gasteiger partial charge in [0.05, 0.1) is 38.6 Å². The molecule has 1 amide bonds. The second-order valence-electron chi connectivity index (χ2n) is 7.95. The predicted molar refractivity (Wildman–Crippen MR) is 143 cm³/mol. The minimum absolute atomic E-state index is 0.224. The number of rotatable bonds is 8. The molecule has 36 heavy (non-hydrogen) atoms. The maximum Gasteiger partial charge on any atom is 0.264 e. The van der Waals surface area contributed by atoms with Crippen molar-refractivity contribution < 1.29 is 19.0 Å². The van der Waals surface area contributed by atoms with Crippen molar-refractivity contribution in [3.05, 3.63) is 84.2 Å². The van der Waals surface area contributed by atoms with Crippen LogP contribution >= 0.6 is 11.3 Å². The molecule has 0 fully saturated rings. The molecule has 0 bridgehead atoms. The van der Waals surface area contributed by atoms with Gasteiger partial charge in [-0.15, -0.1) is 0 Å². The number of ether oxygens (including phenoxy) is 3. The molecule has 0 aliphatic carbocycles. The molecular formula is C28H25N3O4S. The lowest BCUT2D eigenvalue weighted by Crippen LogP contribution is -2.31. The van der Waals surface area contributed by atoms with Crippen LogP contribution in [0.2, 0.25) is 0 Å². The van der Waals surface area contributed by atoms with E-state index in [1.165, 1.54) is 11.3 Å². The molecule has 2 heterocycles. The van der Waals surface area contributed by atoms with Crippen molar-refractivity contribution in [2.75, 3.05) is 25.7 Å². The van der Waals surface area contributed by atoms with E-state index in [-0.39, 0.29) is 12.5 Å². The Hall–Kier alpha value is -4.17. The fourth-order valence-electron chi connectivity index (χ4n) is 4.15. The van der Waals surface area contributed by atoms with Crippen molar-refractivity contribution in [1.82, 2.24) is 9.97 Å². The second-order valence-corrected chi connectivity index (χ2v) is 8.93. The van der Waals surface area contributed by atoms with E-state index in [0.29, 0.717) is 40.1 Å². The first-order valence-corrected chi connectivity index (χ1v) is 12.3. The molecule has 0 spiro atoms. The van der Waals surface area contributed by atoms with Gasteiger partial charge in [-0.25, -0.2) is 4.98 Å². The van der Waals surface area contributed by atoms with Crippen LogP contribution in [0, 0.1) is 0 Å². The van der Waals surface area contributed by atoms with Gasteiger partial charge in [0.15, 0.2) is 5.13 Å². The number of amides is 1. The Morgan fingerprint density at radius 3 is 2.42 bits per heavy atom. The van der Waals surface area contributed by atoms with Crippen LogP contribution in [-0.2, 0) is 6.54 Å². The quantitative estimate of drug-likeness (QED) is 0.257. The number of thiazole rings is 1. The fraction of sp³-hybridized carbons (Fsp3) is 0.179. The molecule has 182 valence electrons. The van der Waals surface area contributed by atoms with Gasteiger partial charge in [-0.3, -0.25) is 14.7 Å². The van der Waals surface area contributed by atoms with Gasteiger partial charge in [0.25, 0.3) is 5.91 Å². The molecule has 8 heteroatoms. The standard InChI is InChI=1S/C28H25N3O4S/c1-4-35-21-13-12-18-9-5-6-11-20(18)24(21)27(32)31(17-19-10-7-8-16-29-19)28-30-25-22(33-2)14-15-23(34-3)26(25)36-28/h5-16H,4,17H2,1-3H3. The first kappa shape index (κ1) is 23.6. The molecule has 5 rings (SSSR count). The van der Waals surface area contributed by atoms with Gasteiger partial charge in [-0.2, -0.15) is 0 Å². The molecule has 0 unspecified atom stereocenters. The van der Waals surface area contributed by atoms with E-state index in [0.717, 1.165) is 21.2 Å². The number of hydrogen-bond acceptors (Lipinski definition) is 7. The zero-order valence-electron chi connectivity index (χ0n) is 20.2. The van der Waals surface area contributed by atoms with E-state index in [1.807, 2.05) is 73.7 Å². The third kappa shape index (κ3) is 4.31. The minimum atomic E-state index is -0.224. The molecule has 0 aliphatic heterocycles. The molecule has 3 aromatic carbocycles. The number of carbonyl (C=O) groups excluding carboxylic acids is 1. The highest BCUT2D eigenvalue weighted by Gasteiger charge is 2.28. The lowest BCUT2D eigenvalue weighted by molar-refractivity contribution is 0.0983. The Kier molecular flexibility index (Phi) is 6.69. The maximum atomic E-state index is 14.4. The minimum Gasteiger partial charge on any atom is -0.495 e. The highest BCUT2D eigenvalue weighted by atomic mass is 32.1. The molecule has 0 saturated carbocycles. The first-order valence-electron chi connectivity index (χ1n) is 11.5. The Labute approximate surface area is 212 Å². The SMILES string of the molecule is CCOc1ccc2ccccc2c1C(=O)N(Cc1ccccn1)c1nc2c(OC)ccc(OC)c2s1. The van der Waals surface area contributed by atoms with Crippen molar-refractivity contribution >= 4 is 43.4 Å². The van der Waals surface area contributed by atoms with E-state index in [2.05, 4.69) is 4.98 Å². The lowest BCUT2D eigenvalue weighted by atomic mass is 10.0. The number of methoxy groups -OCH3 is 2. The molecule has 7 nitrogen and oxygen atoms in total. The first-order chi connectivity index (χ1) is 17.6. The molecule has 0 radical (unpaired) electrons. The number of anilines is 1. The van der Waals surface area contributed by atoms with Crippen molar-refractivity contribution in [3.63, 3.8) is 0 Å². The summed E-state index contributed by atoms with van der Waals surface area (Å²) < 4.78 is 17.8. The molecule has 0 saturated heterocycles. The zero-order valence-corrected chi connectivity index (χ0v) is 21.0. The number of hydrogen-bond donors (Lipinski definition) is 0. The zero-order chi connectivity index (χ0) is 25.1.